The van der Waals surface area contributed by atoms with Crippen LogP contribution < -0.4 is 0 Å². The van der Waals surface area contributed by atoms with E-state index in [2.05, 4.69) is 6.92 Å². The van der Waals surface area contributed by atoms with Gasteiger partial charge in [-0.3, -0.25) is 0 Å². The Labute approximate surface area is 125 Å². The molecule has 0 bridgehead atoms. The summed E-state index contributed by atoms with van der Waals surface area (Å²) in [7, 11) is 0. The summed E-state index contributed by atoms with van der Waals surface area (Å²) in [5, 5.41) is 31.5. The van der Waals surface area contributed by atoms with Crippen LogP contribution in [0.2, 0.25) is 0 Å². The molecule has 3 aliphatic rings. The Morgan fingerprint density at radius 2 is 1.90 bits per heavy atom. The van der Waals surface area contributed by atoms with Gasteiger partial charge in [-0.15, -0.1) is 0 Å². The van der Waals surface area contributed by atoms with Gasteiger partial charge in [-0.1, -0.05) is 13.0 Å². The van der Waals surface area contributed by atoms with Crippen molar-refractivity contribution < 1.29 is 15.3 Å². The van der Waals surface area contributed by atoms with E-state index in [-0.39, 0.29) is 23.2 Å². The summed E-state index contributed by atoms with van der Waals surface area (Å²) >= 11 is 0. The predicted molar refractivity (Wildman–Crippen MR) is 79.9 cm³/mol. The van der Waals surface area contributed by atoms with E-state index in [1.165, 1.54) is 0 Å². The van der Waals surface area contributed by atoms with E-state index in [1.807, 2.05) is 6.07 Å². The molecule has 1 aromatic rings. The Balaban J connectivity index is 1.78. The molecule has 0 saturated heterocycles. The quantitative estimate of drug-likeness (QED) is 0.688. The molecule has 0 heterocycles. The lowest BCUT2D eigenvalue weighted by Crippen LogP contribution is -2.52. The molecule has 114 valence electrons. The van der Waals surface area contributed by atoms with Crippen LogP contribution in [0.4, 0.5) is 0 Å². The van der Waals surface area contributed by atoms with Crippen molar-refractivity contribution in [3.8, 4) is 5.75 Å². The van der Waals surface area contributed by atoms with Gasteiger partial charge in [0.1, 0.15) is 5.75 Å². The molecule has 21 heavy (non-hydrogen) atoms. The lowest BCUT2D eigenvalue weighted by Gasteiger charge is -2.54. The van der Waals surface area contributed by atoms with Gasteiger partial charge >= 0.3 is 0 Å². The highest BCUT2D eigenvalue weighted by molar-refractivity contribution is 5.41. The van der Waals surface area contributed by atoms with Crippen LogP contribution in [0.5, 0.6) is 5.75 Å². The lowest BCUT2D eigenvalue weighted by molar-refractivity contribution is -0.142. The zero-order valence-corrected chi connectivity index (χ0v) is 12.5. The van der Waals surface area contributed by atoms with E-state index in [1.54, 1.807) is 12.1 Å². The average molecular weight is 288 g/mol. The van der Waals surface area contributed by atoms with Crippen molar-refractivity contribution in [2.45, 2.75) is 57.2 Å². The lowest BCUT2D eigenvalue weighted by atomic mass is 9.53. The Morgan fingerprint density at radius 3 is 2.71 bits per heavy atom. The molecule has 0 unspecified atom stereocenters. The number of phenols is 1. The summed E-state index contributed by atoms with van der Waals surface area (Å²) in [4.78, 5) is 0. The van der Waals surface area contributed by atoms with Crippen LogP contribution in [-0.4, -0.2) is 21.4 Å². The summed E-state index contributed by atoms with van der Waals surface area (Å²) in [6, 6.07) is 5.40. The number of hydrogen-bond acceptors (Lipinski definition) is 3. The fourth-order valence-corrected chi connectivity index (χ4v) is 5.53. The van der Waals surface area contributed by atoms with Gasteiger partial charge in [0, 0.05) is 0 Å². The third-order valence-electron chi connectivity index (χ3n) is 6.78. The van der Waals surface area contributed by atoms with Crippen molar-refractivity contribution in [1.29, 1.82) is 0 Å². The van der Waals surface area contributed by atoms with Gasteiger partial charge in [-0.2, -0.15) is 0 Å². The van der Waals surface area contributed by atoms with E-state index in [4.69, 9.17) is 0 Å². The van der Waals surface area contributed by atoms with Crippen molar-refractivity contribution in [2.24, 2.45) is 17.3 Å². The summed E-state index contributed by atoms with van der Waals surface area (Å²) in [5.74, 6) is 0.936. The number of aliphatic hydroxyl groups excluding tert-OH is 1. The molecule has 3 N–H and O–H groups in total. The van der Waals surface area contributed by atoms with E-state index in [9.17, 15) is 15.3 Å². The van der Waals surface area contributed by atoms with Crippen LogP contribution in [0.3, 0.4) is 0 Å². The number of hydrogen-bond donors (Lipinski definition) is 3. The Bertz CT molecular complexity index is 584. The number of benzene rings is 1. The van der Waals surface area contributed by atoms with Gasteiger partial charge in [-0.25, -0.2) is 0 Å². The standard InChI is InChI=1S/C18H24O3/c1-17-8-9-18(21)13-5-3-12(19)10-11(13)2-4-15(18)14(17)6-7-16(17)20/h3,5,10,14-16,19-21H,2,4,6-9H2,1H3/t14-,15+,16+,17-,18-/m0/s1. The third kappa shape index (κ3) is 1.68. The van der Waals surface area contributed by atoms with Gasteiger partial charge in [-0.05, 0) is 79.0 Å². The first kappa shape index (κ1) is 13.6. The highest BCUT2D eigenvalue weighted by Crippen LogP contribution is 2.62. The SMILES string of the molecule is C[C@]12CC[C@]3(O)c4ccc(O)cc4CC[C@@H]3[C@@H]1CC[C@H]2O. The number of rotatable bonds is 0. The number of phenolic OH excluding ortho intramolecular Hbond substituents is 1. The molecule has 0 amide bonds. The number of fused-ring (bicyclic) bond motifs is 5. The first-order chi connectivity index (χ1) is 9.95. The molecule has 0 radical (unpaired) electrons. The number of aromatic hydroxyl groups is 1. The van der Waals surface area contributed by atoms with Crippen molar-refractivity contribution in [1.82, 2.24) is 0 Å². The minimum Gasteiger partial charge on any atom is -0.508 e. The molecule has 1 aromatic carbocycles. The van der Waals surface area contributed by atoms with Crippen LogP contribution in [0, 0.1) is 17.3 Å². The predicted octanol–water partition coefficient (Wildman–Crippen LogP) is 2.71. The fraction of sp³-hybridized carbons (Fsp3) is 0.667. The highest BCUT2D eigenvalue weighted by Gasteiger charge is 2.59. The Kier molecular flexibility index (Phi) is 2.74. The van der Waals surface area contributed by atoms with Gasteiger partial charge in [0.15, 0.2) is 0 Å². The summed E-state index contributed by atoms with van der Waals surface area (Å²) in [6.07, 6.45) is 5.16. The van der Waals surface area contributed by atoms with Gasteiger partial charge < -0.3 is 15.3 Å². The topological polar surface area (TPSA) is 60.7 Å². The second kappa shape index (κ2) is 4.23. The van der Waals surface area contributed by atoms with Crippen LogP contribution in [0.15, 0.2) is 18.2 Å². The van der Waals surface area contributed by atoms with Gasteiger partial charge in [0.25, 0.3) is 0 Å². The maximum Gasteiger partial charge on any atom is 0.115 e. The van der Waals surface area contributed by atoms with Crippen LogP contribution in [-0.2, 0) is 12.0 Å². The second-order valence-electron chi connectivity index (χ2n) is 7.62. The maximum atomic E-state index is 11.4. The fourth-order valence-electron chi connectivity index (χ4n) is 5.53. The molecule has 3 nitrogen and oxygen atoms in total. The molecule has 3 heteroatoms. The number of aryl methyl sites for hydroxylation is 1. The summed E-state index contributed by atoms with van der Waals surface area (Å²) in [6.45, 7) is 2.21. The normalized spacial score (nSPS) is 44.8. The highest BCUT2D eigenvalue weighted by atomic mass is 16.3. The minimum absolute atomic E-state index is 0.0225. The van der Waals surface area contributed by atoms with E-state index >= 15 is 0 Å². The van der Waals surface area contributed by atoms with E-state index < -0.39 is 5.60 Å². The molecular formula is C18H24O3. The molecule has 0 spiro atoms. The van der Waals surface area contributed by atoms with Crippen LogP contribution >= 0.6 is 0 Å². The third-order valence-corrected chi connectivity index (χ3v) is 6.78. The second-order valence-corrected chi connectivity index (χ2v) is 7.62. The van der Waals surface area contributed by atoms with Crippen LogP contribution in [0.25, 0.3) is 0 Å². The molecule has 4 rings (SSSR count). The maximum absolute atomic E-state index is 11.4. The van der Waals surface area contributed by atoms with Gasteiger partial charge in [0.2, 0.25) is 0 Å². The molecular weight excluding hydrogens is 264 g/mol. The zero-order chi connectivity index (χ0) is 14.8. The summed E-state index contributed by atoms with van der Waals surface area (Å²) in [5.41, 5.74) is 1.32. The van der Waals surface area contributed by atoms with Gasteiger partial charge in [0.05, 0.1) is 11.7 Å². The van der Waals surface area contributed by atoms with Crippen LogP contribution in [0.1, 0.15) is 50.2 Å². The van der Waals surface area contributed by atoms with E-state index in [0.29, 0.717) is 5.92 Å². The molecule has 0 aromatic heterocycles. The first-order valence-corrected chi connectivity index (χ1v) is 8.18. The summed E-state index contributed by atoms with van der Waals surface area (Å²) < 4.78 is 0. The number of aliphatic hydroxyl groups is 2. The van der Waals surface area contributed by atoms with E-state index in [0.717, 1.165) is 49.7 Å². The smallest absolute Gasteiger partial charge is 0.115 e. The molecule has 2 fully saturated rings. The van der Waals surface area contributed by atoms with Crippen molar-refractivity contribution in [2.75, 3.05) is 0 Å². The van der Waals surface area contributed by atoms with Crippen molar-refractivity contribution in [3.63, 3.8) is 0 Å². The largest absolute Gasteiger partial charge is 0.508 e. The van der Waals surface area contributed by atoms with Crippen molar-refractivity contribution >= 4 is 0 Å². The molecule has 0 aliphatic heterocycles. The monoisotopic (exact) mass is 288 g/mol. The van der Waals surface area contributed by atoms with Crippen molar-refractivity contribution in [3.05, 3.63) is 29.3 Å². The minimum atomic E-state index is -0.768. The first-order valence-electron chi connectivity index (χ1n) is 8.18. The molecule has 5 atom stereocenters. The average Bonchev–Trinajstić information content (AvgIpc) is 2.75. The Morgan fingerprint density at radius 1 is 1.10 bits per heavy atom. The molecule has 3 aliphatic carbocycles. The molecule has 2 saturated carbocycles. The zero-order valence-electron chi connectivity index (χ0n) is 12.5. The Hall–Kier alpha value is -1.06.